The molecule has 0 aromatic heterocycles. The number of carbonyl (C=O) groups excluding carboxylic acids is 1. The van der Waals surface area contributed by atoms with Gasteiger partial charge in [-0.05, 0) is 66.2 Å². The lowest BCUT2D eigenvalue weighted by Crippen LogP contribution is -2.41. The highest BCUT2D eigenvalue weighted by atomic mass is 35.5. The van der Waals surface area contributed by atoms with Crippen molar-refractivity contribution in [1.82, 2.24) is 6.15 Å². The molecule has 7 nitrogen and oxygen atoms in total. The molecule has 24 heavy (non-hydrogen) atoms. The van der Waals surface area contributed by atoms with Crippen LogP contribution in [-0.2, 0) is 14.3 Å². The molecule has 0 radical (unpaired) electrons. The molecule has 0 aromatic rings. The molecular weight excluding hydrogens is 336 g/mol. The fourth-order valence-corrected chi connectivity index (χ4v) is 1.21. The van der Waals surface area contributed by atoms with Crippen molar-refractivity contribution >= 4 is 23.5 Å². The van der Waals surface area contributed by atoms with Crippen molar-refractivity contribution in [2.45, 2.75) is 88.8 Å². The second-order valence-electron chi connectivity index (χ2n) is 7.04. The van der Waals surface area contributed by atoms with Crippen molar-refractivity contribution in [3.8, 4) is 0 Å². The molecule has 2 rings (SSSR count). The fourth-order valence-electron chi connectivity index (χ4n) is 1.17. The van der Waals surface area contributed by atoms with Crippen molar-refractivity contribution < 1.29 is 24.5 Å². The highest BCUT2D eigenvalue weighted by Gasteiger charge is 2.30. The Kier molecular flexibility index (Phi) is 11.5. The molecule has 2 fully saturated rings. The molecule has 0 saturated heterocycles. The third kappa shape index (κ3) is 11.6. The van der Waals surface area contributed by atoms with Crippen LogP contribution in [-0.4, -0.2) is 44.8 Å². The quantitative estimate of drug-likeness (QED) is 0.442. The number of aliphatic hydroxyl groups excluding tert-OH is 1. The van der Waals surface area contributed by atoms with Gasteiger partial charge < -0.3 is 26.8 Å². The number of rotatable bonds is 3. The Balaban J connectivity index is 0. The van der Waals surface area contributed by atoms with Gasteiger partial charge in [-0.25, -0.2) is 0 Å². The Morgan fingerprint density at radius 3 is 1.54 bits per heavy atom. The normalized spacial score (nSPS) is 17.5. The van der Waals surface area contributed by atoms with Gasteiger partial charge in [-0.15, -0.1) is 11.6 Å². The van der Waals surface area contributed by atoms with E-state index in [0.717, 1.165) is 25.7 Å². The van der Waals surface area contributed by atoms with Crippen LogP contribution in [0.1, 0.15) is 66.2 Å². The fraction of sp³-hybridized carbons (Fsp3) is 0.875. The lowest BCUT2D eigenvalue weighted by atomic mass is 9.96. The van der Waals surface area contributed by atoms with Crippen LogP contribution in [0.15, 0.2) is 0 Å². The van der Waals surface area contributed by atoms with Gasteiger partial charge in [0.15, 0.2) is 0 Å². The van der Waals surface area contributed by atoms with E-state index in [9.17, 15) is 9.59 Å². The van der Waals surface area contributed by atoms with Crippen LogP contribution in [0, 0.1) is 0 Å². The predicted molar refractivity (Wildman–Crippen MR) is 94.4 cm³/mol. The maximum atomic E-state index is 11.1. The van der Waals surface area contributed by atoms with E-state index in [1.165, 1.54) is 26.7 Å². The minimum Gasteiger partial charge on any atom is -0.480 e. The van der Waals surface area contributed by atoms with Gasteiger partial charge in [0, 0.05) is 0 Å². The second kappa shape index (κ2) is 10.9. The predicted octanol–water partition coefficient (Wildman–Crippen LogP) is 2.60. The maximum absolute atomic E-state index is 11.1. The Morgan fingerprint density at radius 2 is 1.42 bits per heavy atom. The maximum Gasteiger partial charge on any atom is 0.326 e. The summed E-state index contributed by atoms with van der Waals surface area (Å²) in [7, 11) is 0. The summed E-state index contributed by atoms with van der Waals surface area (Å²) < 4.78 is 5.08. The average Bonchev–Trinajstić information content (AvgIpc) is 2.30. The molecular formula is C16H33ClN2O5. The van der Waals surface area contributed by atoms with E-state index in [0.29, 0.717) is 0 Å². The molecule has 2 aliphatic rings. The van der Waals surface area contributed by atoms with Crippen molar-refractivity contribution in [2.75, 3.05) is 0 Å². The number of ether oxygens (including phenoxy) is 1. The van der Waals surface area contributed by atoms with E-state index in [2.05, 4.69) is 0 Å². The van der Waals surface area contributed by atoms with Crippen molar-refractivity contribution in [2.24, 2.45) is 5.73 Å². The first-order chi connectivity index (χ1) is 10.3. The standard InChI is InChI=1S/C8H13ClO2.C4H9NO2.C4H8O.H3N/c1-8(2,9)7(10)11-6-4-3-5-6;1-4(2,5)3(6)7;5-4-2-1-3-4;/h6H,3-5H2,1-2H3;5H2,1-2H3,(H,6,7);4-5H,1-3H2;1H3. The summed E-state index contributed by atoms with van der Waals surface area (Å²) in [6, 6.07) is 0. The van der Waals surface area contributed by atoms with E-state index < -0.39 is 16.4 Å². The minimum atomic E-state index is -1.08. The summed E-state index contributed by atoms with van der Waals surface area (Å²) in [6.45, 7) is 6.18. The number of carboxylic acid groups (broad SMARTS) is 1. The Hall–Kier alpha value is -0.890. The highest BCUT2D eigenvalue weighted by molar-refractivity contribution is 6.33. The molecule has 0 spiro atoms. The number of aliphatic carboxylic acids is 1. The van der Waals surface area contributed by atoms with Gasteiger partial charge in [-0.1, -0.05) is 0 Å². The van der Waals surface area contributed by atoms with Crippen molar-refractivity contribution in [1.29, 1.82) is 0 Å². The van der Waals surface area contributed by atoms with Gasteiger partial charge in [-0.3, -0.25) is 9.59 Å². The number of alkyl halides is 1. The Labute approximate surface area is 149 Å². The van der Waals surface area contributed by atoms with Crippen LogP contribution in [0.3, 0.4) is 0 Å². The molecule has 8 heteroatoms. The molecule has 0 aliphatic heterocycles. The summed E-state index contributed by atoms with van der Waals surface area (Å²) >= 11 is 5.73. The van der Waals surface area contributed by atoms with E-state index in [1.54, 1.807) is 13.8 Å². The summed E-state index contributed by atoms with van der Waals surface area (Å²) in [5.74, 6) is -1.28. The zero-order chi connectivity index (χ0) is 18.3. The first-order valence-electron chi connectivity index (χ1n) is 7.94. The molecule has 0 amide bonds. The third-order valence-corrected chi connectivity index (χ3v) is 3.59. The van der Waals surface area contributed by atoms with Crippen LogP contribution < -0.4 is 11.9 Å². The molecule has 0 atom stereocenters. The van der Waals surface area contributed by atoms with Crippen LogP contribution in [0.5, 0.6) is 0 Å². The SMILES string of the molecule is CC(C)(Cl)C(=O)OC1CCC1.CC(C)(N)C(=O)O.N.OC1CCC1. The molecule has 2 aliphatic carbocycles. The number of hydrogen-bond acceptors (Lipinski definition) is 6. The van der Waals surface area contributed by atoms with Crippen LogP contribution in [0.2, 0.25) is 0 Å². The number of aliphatic hydroxyl groups is 1. The molecule has 144 valence electrons. The van der Waals surface area contributed by atoms with Gasteiger partial charge in [0.2, 0.25) is 0 Å². The van der Waals surface area contributed by atoms with Crippen LogP contribution in [0.4, 0.5) is 0 Å². The van der Waals surface area contributed by atoms with E-state index in [-0.39, 0.29) is 24.3 Å². The summed E-state index contributed by atoms with van der Waals surface area (Å²) in [5, 5.41) is 16.6. The lowest BCUT2D eigenvalue weighted by Gasteiger charge is -2.27. The summed E-state index contributed by atoms with van der Waals surface area (Å²) in [6.07, 6.45) is 6.69. The smallest absolute Gasteiger partial charge is 0.326 e. The number of carbonyl (C=O) groups is 2. The van der Waals surface area contributed by atoms with Crippen molar-refractivity contribution in [3.05, 3.63) is 0 Å². The first-order valence-corrected chi connectivity index (χ1v) is 8.32. The van der Waals surface area contributed by atoms with Crippen LogP contribution >= 0.6 is 11.6 Å². The topological polar surface area (TPSA) is 145 Å². The molecule has 7 N–H and O–H groups in total. The molecule has 2 saturated carbocycles. The monoisotopic (exact) mass is 368 g/mol. The van der Waals surface area contributed by atoms with Crippen molar-refractivity contribution in [3.63, 3.8) is 0 Å². The van der Waals surface area contributed by atoms with E-state index in [4.69, 9.17) is 32.3 Å². The van der Waals surface area contributed by atoms with E-state index >= 15 is 0 Å². The Bertz CT molecular complexity index is 383. The largest absolute Gasteiger partial charge is 0.480 e. The molecule has 0 heterocycles. The van der Waals surface area contributed by atoms with Gasteiger partial charge in [0.1, 0.15) is 16.5 Å². The molecule has 0 bridgehead atoms. The van der Waals surface area contributed by atoms with Crippen LogP contribution in [0.25, 0.3) is 0 Å². The van der Waals surface area contributed by atoms with Gasteiger partial charge >= 0.3 is 11.9 Å². The second-order valence-corrected chi connectivity index (χ2v) is 7.99. The Morgan fingerprint density at radius 1 is 1.08 bits per heavy atom. The number of esters is 1. The summed E-state index contributed by atoms with van der Waals surface area (Å²) in [5.41, 5.74) is 4.00. The number of hydrogen-bond donors (Lipinski definition) is 4. The van der Waals surface area contributed by atoms with E-state index in [1.807, 2.05) is 0 Å². The zero-order valence-electron chi connectivity index (χ0n) is 15.2. The van der Waals surface area contributed by atoms with Gasteiger partial charge in [0.05, 0.1) is 6.10 Å². The van der Waals surface area contributed by atoms with Gasteiger partial charge in [0.25, 0.3) is 0 Å². The first kappa shape index (κ1) is 25.4. The molecule has 0 aromatic carbocycles. The number of halogens is 1. The zero-order valence-corrected chi connectivity index (χ0v) is 15.9. The summed E-state index contributed by atoms with van der Waals surface area (Å²) in [4.78, 5) is 20.1. The highest BCUT2D eigenvalue weighted by Crippen LogP contribution is 2.25. The number of nitrogens with two attached hydrogens (primary N) is 1. The third-order valence-electron chi connectivity index (χ3n) is 3.44. The lowest BCUT2D eigenvalue weighted by molar-refractivity contribution is -0.155. The minimum absolute atomic E-state index is 0. The number of carboxylic acids is 1. The average molecular weight is 369 g/mol. The molecule has 0 unspecified atom stereocenters. The van der Waals surface area contributed by atoms with Gasteiger partial charge in [-0.2, -0.15) is 0 Å².